The molecule has 0 aliphatic carbocycles. The average molecular weight is 1180 g/mol. The SMILES string of the molecule is N#Cc1c(-n2c3ccccc3c3c4ccccc4oc32)c(-c2ccccc2)c(-c2nc(-n3c4ccccc4c4ccc5ccccc5c43)nc(-n3c4ccccc4c4ccc5ccccc5c43)n2)c(-c2ccccc2)c1-n1c2ccccc2c2c3ccccc3oc21. The van der Waals surface area contributed by atoms with Crippen LogP contribution in [0.25, 0.3) is 188 Å². The smallest absolute Gasteiger partial charge is 0.240 e. The van der Waals surface area contributed by atoms with Crippen LogP contribution in [0.5, 0.6) is 0 Å². The second kappa shape index (κ2) is 19.1. The van der Waals surface area contributed by atoms with Gasteiger partial charge in [-0.25, -0.2) is 0 Å². The van der Waals surface area contributed by atoms with Gasteiger partial charge in [0, 0.05) is 70.6 Å². The number of hydrogen-bond acceptors (Lipinski definition) is 6. The van der Waals surface area contributed by atoms with Crippen molar-refractivity contribution in [1.29, 1.82) is 5.26 Å². The van der Waals surface area contributed by atoms with Crippen LogP contribution in [0.15, 0.2) is 288 Å². The number of benzene rings is 13. The van der Waals surface area contributed by atoms with E-state index in [1.165, 1.54) is 0 Å². The van der Waals surface area contributed by atoms with Gasteiger partial charge in [-0.1, -0.05) is 243 Å². The van der Waals surface area contributed by atoms with Gasteiger partial charge in [-0.2, -0.15) is 20.2 Å². The zero-order valence-corrected chi connectivity index (χ0v) is 49.0. The highest BCUT2D eigenvalue weighted by Crippen LogP contribution is 2.54. The second-order valence-electron chi connectivity index (χ2n) is 23.6. The molecule has 0 spiro atoms. The summed E-state index contributed by atoms with van der Waals surface area (Å²) in [6.45, 7) is 0. The highest BCUT2D eigenvalue weighted by atomic mass is 16.3. The van der Waals surface area contributed by atoms with E-state index in [-0.39, 0.29) is 0 Å². The lowest BCUT2D eigenvalue weighted by atomic mass is 9.85. The van der Waals surface area contributed by atoms with Gasteiger partial charge in [-0.05, 0) is 58.3 Å². The number of fused-ring (bicyclic) bond motifs is 20. The number of aromatic nitrogens is 7. The van der Waals surface area contributed by atoms with Gasteiger partial charge in [0.05, 0.1) is 55.2 Å². The fraction of sp³-hybridized carbons (Fsp3) is 0. The predicted molar refractivity (Wildman–Crippen MR) is 373 cm³/mol. The standard InChI is InChI=1S/C82H46N8O2/c83-47-62-76(87-65-39-19-13-33-58(65)71-60-35-15-21-41-67(60)91-79(71)87)69(50-25-3-1-4-26-50)73(70(51-27-5-2-6-28-51)77(62)88-66-40-20-14-34-59(66)72-61-36-16-22-42-68(61)92-80(72)88)78-84-81(89-63-37-17-11-31-54(63)56-45-43-48-23-7-9-29-52(48)74(56)89)86-82(85-78)90-64-38-18-12-32-55(64)57-46-44-49-24-8-10-30-53(49)75(57)90/h1-46H. The monoisotopic (exact) mass is 1170 g/mol. The first kappa shape index (κ1) is 50.2. The zero-order chi connectivity index (χ0) is 60.3. The van der Waals surface area contributed by atoms with Crippen molar-refractivity contribution in [2.24, 2.45) is 0 Å². The van der Waals surface area contributed by atoms with Crippen LogP contribution >= 0.6 is 0 Å². The van der Waals surface area contributed by atoms with Crippen molar-refractivity contribution in [1.82, 2.24) is 33.2 Å². The van der Waals surface area contributed by atoms with Gasteiger partial charge in [0.15, 0.2) is 5.82 Å². The maximum absolute atomic E-state index is 12.9. The van der Waals surface area contributed by atoms with Gasteiger partial charge >= 0.3 is 0 Å². The Morgan fingerprint density at radius 3 is 1.09 bits per heavy atom. The van der Waals surface area contributed by atoms with E-state index in [1.54, 1.807) is 0 Å². The Hall–Kier alpha value is -12.8. The third-order valence-corrected chi connectivity index (χ3v) is 18.9. The first-order chi connectivity index (χ1) is 45.7. The number of hydrogen-bond donors (Lipinski definition) is 0. The summed E-state index contributed by atoms with van der Waals surface area (Å²) in [4.78, 5) is 18.0. The topological polar surface area (TPSA) is 108 Å². The lowest BCUT2D eigenvalue weighted by Gasteiger charge is -2.26. The lowest BCUT2D eigenvalue weighted by molar-refractivity contribution is 0.644. The lowest BCUT2D eigenvalue weighted by Crippen LogP contribution is -2.14. The summed E-state index contributed by atoms with van der Waals surface area (Å²) in [5.41, 5.74) is 13.3. The normalized spacial score (nSPS) is 12.1. The Morgan fingerprint density at radius 2 is 0.652 bits per heavy atom. The summed E-state index contributed by atoms with van der Waals surface area (Å²) in [6, 6.07) is 99.9. The predicted octanol–water partition coefficient (Wildman–Crippen LogP) is 20.9. The van der Waals surface area contributed by atoms with Crippen molar-refractivity contribution >= 4 is 131 Å². The summed E-state index contributed by atoms with van der Waals surface area (Å²) in [5.74, 6) is 1.17. The molecule has 13 aromatic carbocycles. The Balaban J connectivity index is 1.07. The first-order valence-corrected chi connectivity index (χ1v) is 30.8. The molecule has 10 nitrogen and oxygen atoms in total. The molecule has 7 heterocycles. The van der Waals surface area contributed by atoms with Crippen molar-refractivity contribution < 1.29 is 8.83 Å². The molecule has 0 saturated heterocycles. The summed E-state index contributed by atoms with van der Waals surface area (Å²) < 4.78 is 23.3. The fourth-order valence-electron chi connectivity index (χ4n) is 15.1. The van der Waals surface area contributed by atoms with Crippen molar-refractivity contribution in [3.8, 4) is 63.0 Å². The van der Waals surface area contributed by atoms with E-state index >= 15 is 0 Å². The van der Waals surface area contributed by atoms with E-state index in [0.717, 1.165) is 131 Å². The van der Waals surface area contributed by atoms with Crippen LogP contribution in [-0.4, -0.2) is 33.2 Å². The van der Waals surface area contributed by atoms with Crippen LogP contribution < -0.4 is 0 Å². The molecule has 10 heteroatoms. The third-order valence-electron chi connectivity index (χ3n) is 18.9. The van der Waals surface area contributed by atoms with Crippen molar-refractivity contribution in [3.63, 3.8) is 0 Å². The van der Waals surface area contributed by atoms with E-state index in [1.807, 2.05) is 36.4 Å². The molecule has 0 N–H and O–H groups in total. The van der Waals surface area contributed by atoms with E-state index in [4.69, 9.17) is 23.8 Å². The van der Waals surface area contributed by atoms with Gasteiger partial charge in [0.2, 0.25) is 23.3 Å². The molecule has 0 fully saturated rings. The molecule has 0 aliphatic rings. The molecule has 0 bridgehead atoms. The minimum absolute atomic E-state index is 0.363. The Morgan fingerprint density at radius 1 is 0.293 bits per heavy atom. The molecule has 7 aromatic heterocycles. The number of nitriles is 1. The molecule has 0 radical (unpaired) electrons. The van der Waals surface area contributed by atoms with Gasteiger partial charge < -0.3 is 8.83 Å². The third kappa shape index (κ3) is 6.87. The quantitative estimate of drug-likeness (QED) is 0.157. The number of rotatable bonds is 7. The fourth-order valence-corrected chi connectivity index (χ4v) is 15.1. The highest BCUT2D eigenvalue weighted by molar-refractivity contribution is 6.24. The molecule has 426 valence electrons. The first-order valence-electron chi connectivity index (χ1n) is 30.8. The van der Waals surface area contributed by atoms with Crippen LogP contribution in [-0.2, 0) is 0 Å². The van der Waals surface area contributed by atoms with Gasteiger partial charge in [0.1, 0.15) is 22.8 Å². The Bertz CT molecular complexity index is 6200. The van der Waals surface area contributed by atoms with Crippen molar-refractivity contribution in [2.45, 2.75) is 0 Å². The molecule has 0 amide bonds. The number of furan rings is 2. The molecule has 20 aromatic rings. The average Bonchev–Trinajstić information content (AvgIpc) is 1.43. The highest BCUT2D eigenvalue weighted by Gasteiger charge is 2.36. The zero-order valence-electron chi connectivity index (χ0n) is 49.0. The molecular formula is C82H46N8O2. The molecular weight excluding hydrogens is 1130 g/mol. The molecule has 20 rings (SSSR count). The van der Waals surface area contributed by atoms with E-state index in [9.17, 15) is 5.26 Å². The largest absolute Gasteiger partial charge is 0.439 e. The summed E-state index contributed by atoms with van der Waals surface area (Å²) in [6.07, 6.45) is 0. The van der Waals surface area contributed by atoms with Crippen LogP contribution in [0, 0.1) is 11.3 Å². The maximum Gasteiger partial charge on any atom is 0.240 e. The van der Waals surface area contributed by atoms with Gasteiger partial charge in [-0.3, -0.25) is 18.3 Å². The van der Waals surface area contributed by atoms with Crippen molar-refractivity contribution in [3.05, 3.63) is 285 Å². The Labute approximate surface area is 523 Å². The molecule has 0 atom stereocenters. The molecule has 0 unspecified atom stereocenters. The molecule has 0 aliphatic heterocycles. The van der Waals surface area contributed by atoms with E-state index in [2.05, 4.69) is 267 Å². The number of para-hydroxylation sites is 6. The van der Waals surface area contributed by atoms with Crippen LogP contribution in [0.1, 0.15) is 5.56 Å². The number of nitrogens with zero attached hydrogens (tertiary/aromatic N) is 8. The maximum atomic E-state index is 12.9. The van der Waals surface area contributed by atoms with Gasteiger partial charge in [-0.15, -0.1) is 0 Å². The van der Waals surface area contributed by atoms with Crippen LogP contribution in [0.3, 0.4) is 0 Å². The molecule has 0 saturated carbocycles. The minimum atomic E-state index is 0.363. The van der Waals surface area contributed by atoms with Gasteiger partial charge in [0.25, 0.3) is 0 Å². The van der Waals surface area contributed by atoms with E-state index in [0.29, 0.717) is 62.8 Å². The Kier molecular flexibility index (Phi) is 10.4. The molecule has 92 heavy (non-hydrogen) atoms. The van der Waals surface area contributed by atoms with Crippen molar-refractivity contribution in [2.75, 3.05) is 0 Å². The second-order valence-corrected chi connectivity index (χ2v) is 23.6. The summed E-state index contributed by atoms with van der Waals surface area (Å²) in [7, 11) is 0. The van der Waals surface area contributed by atoms with E-state index < -0.39 is 0 Å². The van der Waals surface area contributed by atoms with Crippen LogP contribution in [0.2, 0.25) is 0 Å². The summed E-state index contributed by atoms with van der Waals surface area (Å²) >= 11 is 0. The van der Waals surface area contributed by atoms with Crippen LogP contribution in [0.4, 0.5) is 0 Å². The summed E-state index contributed by atoms with van der Waals surface area (Å²) in [5, 5.41) is 27.1. The minimum Gasteiger partial charge on any atom is -0.439 e.